The molecule has 0 bridgehead atoms. The smallest absolute Gasteiger partial charge is 0.341 e. The lowest BCUT2D eigenvalue weighted by molar-refractivity contribution is -0.137. The highest BCUT2D eigenvalue weighted by Crippen LogP contribution is 2.38. The number of aromatic nitrogens is 1. The Kier molecular flexibility index (Phi) is 5.94. The largest absolute Gasteiger partial charge is 0.477 e. The van der Waals surface area contributed by atoms with Gasteiger partial charge in [0.1, 0.15) is 11.4 Å². The molecular formula is C24H31FN4O4. The van der Waals surface area contributed by atoms with E-state index in [0.29, 0.717) is 49.7 Å². The van der Waals surface area contributed by atoms with Crippen molar-refractivity contribution >= 4 is 28.5 Å². The van der Waals surface area contributed by atoms with E-state index in [0.717, 1.165) is 18.9 Å². The highest BCUT2D eigenvalue weighted by atomic mass is 19.1. The second-order valence-electron chi connectivity index (χ2n) is 9.93. The maximum Gasteiger partial charge on any atom is 0.341 e. The molecule has 0 radical (unpaired) electrons. The minimum Gasteiger partial charge on any atom is -0.477 e. The number of piperazine rings is 1. The number of rotatable bonds is 6. The van der Waals surface area contributed by atoms with Crippen LogP contribution in [0.3, 0.4) is 0 Å². The lowest BCUT2D eigenvalue weighted by atomic mass is 9.90. The van der Waals surface area contributed by atoms with Crippen molar-refractivity contribution < 1.29 is 19.1 Å². The molecule has 2 heterocycles. The quantitative estimate of drug-likeness (QED) is 0.689. The van der Waals surface area contributed by atoms with Gasteiger partial charge in [0.2, 0.25) is 11.3 Å². The minimum absolute atomic E-state index is 0.0736. The average Bonchev–Trinajstić information content (AvgIpc) is 3.58. The van der Waals surface area contributed by atoms with Crippen molar-refractivity contribution in [3.63, 3.8) is 0 Å². The molecule has 3 N–H and O–H groups in total. The van der Waals surface area contributed by atoms with E-state index in [1.54, 1.807) is 22.5 Å². The molecule has 1 saturated carbocycles. The molecule has 1 unspecified atom stereocenters. The standard InChI is InChI=1S/C24H31FN4O4/c1-14(2)12-24(3,26)23(33)28-8-6-27(7-9-28)20-11-19-16(10-18(20)25)21(30)17(22(31)32)13-29(19)15-4-5-15/h10-11,13-15H,4-9,12,26H2,1-3H3,(H,31,32). The van der Waals surface area contributed by atoms with Crippen LogP contribution in [-0.2, 0) is 4.79 Å². The Morgan fingerprint density at radius 2 is 1.85 bits per heavy atom. The van der Waals surface area contributed by atoms with Crippen molar-refractivity contribution in [3.8, 4) is 0 Å². The molecule has 0 spiro atoms. The fourth-order valence-corrected chi connectivity index (χ4v) is 4.86. The van der Waals surface area contributed by atoms with Crippen LogP contribution < -0.4 is 16.1 Å². The fourth-order valence-electron chi connectivity index (χ4n) is 4.86. The van der Waals surface area contributed by atoms with Gasteiger partial charge in [-0.3, -0.25) is 9.59 Å². The molecule has 33 heavy (non-hydrogen) atoms. The zero-order valence-electron chi connectivity index (χ0n) is 19.3. The van der Waals surface area contributed by atoms with Gasteiger partial charge in [0, 0.05) is 43.8 Å². The summed E-state index contributed by atoms with van der Waals surface area (Å²) in [6.45, 7) is 7.54. The third-order valence-corrected chi connectivity index (χ3v) is 6.50. The number of carbonyl (C=O) groups is 2. The Hall–Kier alpha value is -2.94. The molecule has 1 aromatic carbocycles. The normalized spacial score (nSPS) is 18.6. The lowest BCUT2D eigenvalue weighted by Crippen LogP contribution is -2.58. The number of hydrogen-bond donors (Lipinski definition) is 2. The molecule has 2 fully saturated rings. The molecular weight excluding hydrogens is 427 g/mol. The van der Waals surface area contributed by atoms with Crippen molar-refractivity contribution in [1.29, 1.82) is 0 Å². The van der Waals surface area contributed by atoms with Crippen molar-refractivity contribution in [2.75, 3.05) is 31.1 Å². The van der Waals surface area contributed by atoms with Gasteiger partial charge in [0.15, 0.2) is 0 Å². The molecule has 2 aliphatic rings. The van der Waals surface area contributed by atoms with Gasteiger partial charge in [-0.2, -0.15) is 0 Å². The molecule has 9 heteroatoms. The molecule has 1 amide bonds. The van der Waals surface area contributed by atoms with E-state index in [4.69, 9.17) is 5.73 Å². The predicted octanol–water partition coefficient (Wildman–Crippen LogP) is 2.59. The fraction of sp³-hybridized carbons (Fsp3) is 0.542. The highest BCUT2D eigenvalue weighted by Gasteiger charge is 2.35. The van der Waals surface area contributed by atoms with Crippen LogP contribution in [0.25, 0.3) is 10.9 Å². The van der Waals surface area contributed by atoms with Gasteiger partial charge in [-0.05, 0) is 44.2 Å². The van der Waals surface area contributed by atoms with Crippen LogP contribution in [0.4, 0.5) is 10.1 Å². The molecule has 8 nitrogen and oxygen atoms in total. The third-order valence-electron chi connectivity index (χ3n) is 6.50. The maximum atomic E-state index is 15.1. The summed E-state index contributed by atoms with van der Waals surface area (Å²) in [5.41, 5.74) is 5.21. The van der Waals surface area contributed by atoms with Crippen LogP contribution in [0.5, 0.6) is 0 Å². The maximum absolute atomic E-state index is 15.1. The number of carboxylic acid groups (broad SMARTS) is 1. The summed E-state index contributed by atoms with van der Waals surface area (Å²) < 4.78 is 16.9. The monoisotopic (exact) mass is 458 g/mol. The Morgan fingerprint density at radius 1 is 1.21 bits per heavy atom. The SMILES string of the molecule is CC(C)CC(C)(N)C(=O)N1CCN(c2cc3c(cc2F)c(=O)c(C(=O)O)cn3C2CC2)CC1. The van der Waals surface area contributed by atoms with Crippen molar-refractivity contribution in [1.82, 2.24) is 9.47 Å². The van der Waals surface area contributed by atoms with E-state index in [1.165, 1.54) is 6.20 Å². The van der Waals surface area contributed by atoms with E-state index in [9.17, 15) is 19.5 Å². The molecule has 1 aromatic heterocycles. The van der Waals surface area contributed by atoms with E-state index in [2.05, 4.69) is 0 Å². The summed E-state index contributed by atoms with van der Waals surface area (Å²) >= 11 is 0. The van der Waals surface area contributed by atoms with Crippen LogP contribution in [0, 0.1) is 11.7 Å². The zero-order valence-corrected chi connectivity index (χ0v) is 19.3. The van der Waals surface area contributed by atoms with E-state index in [1.807, 2.05) is 18.7 Å². The first kappa shape index (κ1) is 23.2. The Labute approximate surface area is 191 Å². The van der Waals surface area contributed by atoms with Crippen LogP contribution in [0.15, 0.2) is 23.1 Å². The second kappa shape index (κ2) is 8.44. The van der Waals surface area contributed by atoms with Gasteiger partial charge in [-0.25, -0.2) is 9.18 Å². The number of nitrogens with two attached hydrogens (primary N) is 1. The van der Waals surface area contributed by atoms with E-state index >= 15 is 4.39 Å². The van der Waals surface area contributed by atoms with Gasteiger partial charge < -0.3 is 25.2 Å². The Bertz CT molecular complexity index is 1160. The number of hydrogen-bond acceptors (Lipinski definition) is 5. The molecule has 1 atom stereocenters. The van der Waals surface area contributed by atoms with Gasteiger partial charge in [-0.1, -0.05) is 13.8 Å². The van der Waals surface area contributed by atoms with Crippen LogP contribution in [-0.4, -0.2) is 58.2 Å². The van der Waals surface area contributed by atoms with Crippen LogP contribution in [0.2, 0.25) is 0 Å². The van der Waals surface area contributed by atoms with Gasteiger partial charge >= 0.3 is 5.97 Å². The summed E-state index contributed by atoms with van der Waals surface area (Å²) in [5, 5.41) is 9.47. The van der Waals surface area contributed by atoms with Crippen molar-refractivity contribution in [3.05, 3.63) is 39.9 Å². The number of anilines is 1. The van der Waals surface area contributed by atoms with Gasteiger partial charge in [0.25, 0.3) is 0 Å². The average molecular weight is 459 g/mol. The topological polar surface area (TPSA) is 109 Å². The summed E-state index contributed by atoms with van der Waals surface area (Å²) in [6.07, 6.45) is 3.74. The molecule has 4 rings (SSSR count). The predicted molar refractivity (Wildman–Crippen MR) is 124 cm³/mol. The number of pyridine rings is 1. The van der Waals surface area contributed by atoms with E-state index in [-0.39, 0.29) is 22.9 Å². The second-order valence-corrected chi connectivity index (χ2v) is 9.93. The summed E-state index contributed by atoms with van der Waals surface area (Å²) in [4.78, 5) is 40.7. The number of nitrogens with zero attached hydrogens (tertiary/aromatic N) is 3. The number of amides is 1. The van der Waals surface area contributed by atoms with Crippen molar-refractivity contribution in [2.24, 2.45) is 11.7 Å². The molecule has 1 aliphatic heterocycles. The lowest BCUT2D eigenvalue weighted by Gasteiger charge is -2.40. The van der Waals surface area contributed by atoms with Gasteiger partial charge in [0.05, 0.1) is 16.7 Å². The van der Waals surface area contributed by atoms with Crippen LogP contribution in [0.1, 0.15) is 56.4 Å². The zero-order chi connectivity index (χ0) is 24.1. The number of carbonyl (C=O) groups excluding carboxylic acids is 1. The molecule has 1 aliphatic carbocycles. The Balaban J connectivity index is 1.61. The Morgan fingerprint density at radius 3 is 2.39 bits per heavy atom. The summed E-state index contributed by atoms with van der Waals surface area (Å²) in [5.74, 6) is -1.69. The van der Waals surface area contributed by atoms with Gasteiger partial charge in [-0.15, -0.1) is 0 Å². The number of carboxylic acids is 1. The van der Waals surface area contributed by atoms with Crippen molar-refractivity contribution in [2.45, 2.75) is 51.6 Å². The third kappa shape index (κ3) is 4.46. The number of fused-ring (bicyclic) bond motifs is 1. The molecule has 1 saturated heterocycles. The molecule has 178 valence electrons. The highest BCUT2D eigenvalue weighted by molar-refractivity contribution is 5.93. The first-order valence-electron chi connectivity index (χ1n) is 11.4. The first-order chi connectivity index (χ1) is 15.5. The van der Waals surface area contributed by atoms with Crippen LogP contribution >= 0.6 is 0 Å². The summed E-state index contributed by atoms with van der Waals surface area (Å²) in [6, 6.07) is 2.90. The first-order valence-corrected chi connectivity index (χ1v) is 11.4. The number of benzene rings is 1. The molecule has 2 aromatic rings. The summed E-state index contributed by atoms with van der Waals surface area (Å²) in [7, 11) is 0. The number of halogens is 1. The van der Waals surface area contributed by atoms with E-state index < -0.39 is 22.8 Å². The minimum atomic E-state index is -1.31. The number of aromatic carboxylic acids is 1.